The average Bonchev–Trinajstić information content (AvgIpc) is 2.51. The van der Waals surface area contributed by atoms with Crippen LogP contribution in [-0.4, -0.2) is 12.1 Å². The first-order chi connectivity index (χ1) is 6.18. The molecule has 3 nitrogen and oxygen atoms in total. The summed E-state index contributed by atoms with van der Waals surface area (Å²) in [5, 5.41) is 0. The van der Waals surface area contributed by atoms with Crippen LogP contribution >= 0.6 is 0 Å². The molecular weight excluding hydrogens is 168 g/mol. The number of carbonyl (C=O) groups is 1. The summed E-state index contributed by atoms with van der Waals surface area (Å²) < 4.78 is 10.1. The summed E-state index contributed by atoms with van der Waals surface area (Å²) in [7, 11) is 0. The molecule has 1 rings (SSSR count). The normalized spacial score (nSPS) is 12.5. The van der Waals surface area contributed by atoms with Gasteiger partial charge in [0.1, 0.15) is 5.76 Å². The lowest BCUT2D eigenvalue weighted by molar-refractivity contribution is -0.145. The van der Waals surface area contributed by atoms with Crippen molar-refractivity contribution in [3.05, 3.63) is 24.2 Å². The quantitative estimate of drug-likeness (QED) is 0.670. The highest BCUT2D eigenvalue weighted by molar-refractivity contribution is 5.66. The standard InChI is InChI=1S/C10H14O3/c1-8(13-9(2)11)5-6-10-4-3-7-12-10/h3-4,7-8H,5-6H2,1-2H3. The molecule has 0 aromatic carbocycles. The molecule has 1 aromatic rings. The van der Waals surface area contributed by atoms with Gasteiger partial charge in [-0.1, -0.05) is 0 Å². The van der Waals surface area contributed by atoms with Gasteiger partial charge < -0.3 is 9.15 Å². The molecule has 0 fully saturated rings. The molecule has 13 heavy (non-hydrogen) atoms. The molecule has 0 aliphatic carbocycles. The molecule has 3 heteroatoms. The SMILES string of the molecule is CC(=O)OC(C)CCc1ccco1. The third-order valence-electron chi connectivity index (χ3n) is 1.74. The summed E-state index contributed by atoms with van der Waals surface area (Å²) in [5.41, 5.74) is 0. The zero-order chi connectivity index (χ0) is 9.68. The Balaban J connectivity index is 2.22. The number of carbonyl (C=O) groups excluding carboxylic acids is 1. The number of esters is 1. The molecule has 0 N–H and O–H groups in total. The number of furan rings is 1. The predicted molar refractivity (Wildman–Crippen MR) is 48.3 cm³/mol. The molecule has 1 heterocycles. The van der Waals surface area contributed by atoms with Crippen LogP contribution < -0.4 is 0 Å². The van der Waals surface area contributed by atoms with Crippen molar-refractivity contribution >= 4 is 5.97 Å². The molecule has 0 aliphatic rings. The Morgan fingerprint density at radius 2 is 2.46 bits per heavy atom. The van der Waals surface area contributed by atoms with Crippen LogP contribution in [-0.2, 0) is 16.0 Å². The summed E-state index contributed by atoms with van der Waals surface area (Å²) in [4.78, 5) is 10.6. The molecule has 0 saturated carbocycles. The topological polar surface area (TPSA) is 39.4 Å². The smallest absolute Gasteiger partial charge is 0.302 e. The summed E-state index contributed by atoms with van der Waals surface area (Å²) >= 11 is 0. The number of ether oxygens (including phenoxy) is 1. The Morgan fingerprint density at radius 3 is 3.00 bits per heavy atom. The minimum atomic E-state index is -0.230. The molecular formula is C10H14O3. The van der Waals surface area contributed by atoms with E-state index >= 15 is 0 Å². The Bertz CT molecular complexity index is 251. The van der Waals surface area contributed by atoms with Gasteiger partial charge in [0.15, 0.2) is 0 Å². The number of hydrogen-bond acceptors (Lipinski definition) is 3. The highest BCUT2D eigenvalue weighted by Crippen LogP contribution is 2.07. The van der Waals surface area contributed by atoms with Gasteiger partial charge in [-0.15, -0.1) is 0 Å². The largest absolute Gasteiger partial charge is 0.469 e. The molecule has 0 aliphatic heterocycles. The highest BCUT2D eigenvalue weighted by atomic mass is 16.5. The van der Waals surface area contributed by atoms with Crippen LogP contribution in [0.2, 0.25) is 0 Å². The number of aryl methyl sites for hydroxylation is 1. The third kappa shape index (κ3) is 3.78. The van der Waals surface area contributed by atoms with Gasteiger partial charge >= 0.3 is 5.97 Å². The molecule has 1 atom stereocenters. The average molecular weight is 182 g/mol. The lowest BCUT2D eigenvalue weighted by Gasteiger charge is -2.09. The van der Waals surface area contributed by atoms with E-state index in [0.29, 0.717) is 0 Å². The molecule has 0 amide bonds. The van der Waals surface area contributed by atoms with Crippen molar-refractivity contribution in [2.45, 2.75) is 32.8 Å². The first kappa shape index (κ1) is 9.84. The van der Waals surface area contributed by atoms with Crippen LogP contribution in [0.3, 0.4) is 0 Å². The van der Waals surface area contributed by atoms with Gasteiger partial charge in [0.2, 0.25) is 0 Å². The molecule has 0 bridgehead atoms. The maximum absolute atomic E-state index is 10.6. The Hall–Kier alpha value is -1.25. The highest BCUT2D eigenvalue weighted by Gasteiger charge is 2.06. The van der Waals surface area contributed by atoms with Gasteiger partial charge in [-0.05, 0) is 25.5 Å². The second-order valence-electron chi connectivity index (χ2n) is 3.04. The van der Waals surface area contributed by atoms with E-state index in [4.69, 9.17) is 9.15 Å². The van der Waals surface area contributed by atoms with Crippen molar-refractivity contribution < 1.29 is 13.9 Å². The third-order valence-corrected chi connectivity index (χ3v) is 1.74. The van der Waals surface area contributed by atoms with Crippen molar-refractivity contribution in [3.63, 3.8) is 0 Å². The van der Waals surface area contributed by atoms with Crippen LogP contribution in [0.4, 0.5) is 0 Å². The van der Waals surface area contributed by atoms with E-state index < -0.39 is 0 Å². The minimum absolute atomic E-state index is 0.0393. The van der Waals surface area contributed by atoms with Crippen molar-refractivity contribution in [1.29, 1.82) is 0 Å². The van der Waals surface area contributed by atoms with E-state index in [1.165, 1.54) is 6.92 Å². The molecule has 0 spiro atoms. The van der Waals surface area contributed by atoms with Crippen LogP contribution in [0.25, 0.3) is 0 Å². The summed E-state index contributed by atoms with van der Waals surface area (Å²) in [6.45, 7) is 3.30. The Morgan fingerprint density at radius 1 is 1.69 bits per heavy atom. The number of hydrogen-bond donors (Lipinski definition) is 0. The zero-order valence-corrected chi connectivity index (χ0v) is 7.95. The lowest BCUT2D eigenvalue weighted by Crippen LogP contribution is -2.12. The fraction of sp³-hybridized carbons (Fsp3) is 0.500. The van der Waals surface area contributed by atoms with E-state index in [1.807, 2.05) is 19.1 Å². The first-order valence-electron chi connectivity index (χ1n) is 4.38. The van der Waals surface area contributed by atoms with E-state index in [2.05, 4.69) is 0 Å². The fourth-order valence-electron chi connectivity index (χ4n) is 1.14. The summed E-state index contributed by atoms with van der Waals surface area (Å²) in [6, 6.07) is 3.77. The van der Waals surface area contributed by atoms with Gasteiger partial charge in [0.05, 0.1) is 12.4 Å². The van der Waals surface area contributed by atoms with E-state index in [9.17, 15) is 4.79 Å². The van der Waals surface area contributed by atoms with Crippen molar-refractivity contribution in [2.75, 3.05) is 0 Å². The summed E-state index contributed by atoms with van der Waals surface area (Å²) in [6.07, 6.45) is 3.21. The van der Waals surface area contributed by atoms with E-state index in [1.54, 1.807) is 6.26 Å². The predicted octanol–water partition coefficient (Wildman–Crippen LogP) is 2.16. The van der Waals surface area contributed by atoms with Crippen molar-refractivity contribution in [2.24, 2.45) is 0 Å². The van der Waals surface area contributed by atoms with Crippen LogP contribution in [0.1, 0.15) is 26.0 Å². The monoisotopic (exact) mass is 182 g/mol. The van der Waals surface area contributed by atoms with Gasteiger partial charge in [-0.2, -0.15) is 0 Å². The molecule has 1 unspecified atom stereocenters. The van der Waals surface area contributed by atoms with Crippen LogP contribution in [0.5, 0.6) is 0 Å². The Labute approximate surface area is 77.7 Å². The maximum atomic E-state index is 10.6. The van der Waals surface area contributed by atoms with Gasteiger partial charge in [-0.25, -0.2) is 0 Å². The minimum Gasteiger partial charge on any atom is -0.469 e. The number of rotatable bonds is 4. The fourth-order valence-corrected chi connectivity index (χ4v) is 1.14. The van der Waals surface area contributed by atoms with Gasteiger partial charge in [-0.3, -0.25) is 4.79 Å². The van der Waals surface area contributed by atoms with Crippen LogP contribution in [0.15, 0.2) is 22.8 Å². The van der Waals surface area contributed by atoms with Gasteiger partial charge in [0, 0.05) is 13.3 Å². The zero-order valence-electron chi connectivity index (χ0n) is 7.95. The van der Waals surface area contributed by atoms with Crippen molar-refractivity contribution in [1.82, 2.24) is 0 Å². The molecule has 72 valence electrons. The van der Waals surface area contributed by atoms with E-state index in [-0.39, 0.29) is 12.1 Å². The van der Waals surface area contributed by atoms with Crippen LogP contribution in [0, 0.1) is 0 Å². The van der Waals surface area contributed by atoms with E-state index in [0.717, 1.165) is 18.6 Å². The second-order valence-corrected chi connectivity index (χ2v) is 3.04. The molecule has 1 aromatic heterocycles. The Kier molecular flexibility index (Phi) is 3.55. The first-order valence-corrected chi connectivity index (χ1v) is 4.38. The van der Waals surface area contributed by atoms with Gasteiger partial charge in [0.25, 0.3) is 0 Å². The lowest BCUT2D eigenvalue weighted by atomic mass is 10.2. The summed E-state index contributed by atoms with van der Waals surface area (Å²) in [5.74, 6) is 0.700. The molecule has 0 radical (unpaired) electrons. The second kappa shape index (κ2) is 4.70. The van der Waals surface area contributed by atoms with Crippen molar-refractivity contribution in [3.8, 4) is 0 Å². The molecule has 0 saturated heterocycles. The maximum Gasteiger partial charge on any atom is 0.302 e.